The SMILES string of the molecule is CC(C)[C@H](Nc1ccc2c(n1)CCCC2=O)C(=O)O. The van der Waals surface area contributed by atoms with Crippen molar-refractivity contribution < 1.29 is 14.7 Å². The third kappa shape index (κ3) is 2.92. The van der Waals surface area contributed by atoms with E-state index in [4.69, 9.17) is 5.11 Å². The van der Waals surface area contributed by atoms with Crippen molar-refractivity contribution in [1.29, 1.82) is 0 Å². The fourth-order valence-electron chi connectivity index (χ4n) is 2.25. The molecule has 0 spiro atoms. The highest BCUT2D eigenvalue weighted by atomic mass is 16.4. The second kappa shape index (κ2) is 5.38. The van der Waals surface area contributed by atoms with Crippen LogP contribution in [0, 0.1) is 5.92 Å². The molecule has 0 aliphatic heterocycles. The molecule has 0 saturated carbocycles. The number of hydrogen-bond acceptors (Lipinski definition) is 4. The van der Waals surface area contributed by atoms with Crippen LogP contribution in [0.4, 0.5) is 5.82 Å². The summed E-state index contributed by atoms with van der Waals surface area (Å²) in [6.45, 7) is 3.68. The van der Waals surface area contributed by atoms with Gasteiger partial charge in [-0.15, -0.1) is 0 Å². The summed E-state index contributed by atoms with van der Waals surface area (Å²) >= 11 is 0. The average Bonchev–Trinajstić information content (AvgIpc) is 2.35. The molecule has 1 aromatic heterocycles. The summed E-state index contributed by atoms with van der Waals surface area (Å²) in [5, 5.41) is 12.1. The van der Waals surface area contributed by atoms with Gasteiger partial charge in [0.05, 0.1) is 5.69 Å². The topological polar surface area (TPSA) is 79.3 Å². The molecule has 19 heavy (non-hydrogen) atoms. The van der Waals surface area contributed by atoms with E-state index in [0.717, 1.165) is 18.5 Å². The Morgan fingerprint density at radius 1 is 1.37 bits per heavy atom. The maximum Gasteiger partial charge on any atom is 0.326 e. The molecule has 0 fully saturated rings. The van der Waals surface area contributed by atoms with Crippen LogP contribution >= 0.6 is 0 Å². The molecule has 1 atom stereocenters. The number of carbonyl (C=O) groups is 2. The fraction of sp³-hybridized carbons (Fsp3) is 0.500. The minimum absolute atomic E-state index is 0.0445. The smallest absolute Gasteiger partial charge is 0.326 e. The number of nitrogens with zero attached hydrogens (tertiary/aromatic N) is 1. The highest BCUT2D eigenvalue weighted by Crippen LogP contribution is 2.22. The Bertz CT molecular complexity index is 511. The van der Waals surface area contributed by atoms with Gasteiger partial charge in [0.1, 0.15) is 11.9 Å². The van der Waals surface area contributed by atoms with Gasteiger partial charge in [-0.25, -0.2) is 9.78 Å². The second-order valence-corrected chi connectivity index (χ2v) is 5.17. The lowest BCUT2D eigenvalue weighted by atomic mass is 9.95. The molecule has 0 bridgehead atoms. The molecular weight excluding hydrogens is 244 g/mol. The quantitative estimate of drug-likeness (QED) is 0.868. The van der Waals surface area contributed by atoms with E-state index >= 15 is 0 Å². The molecule has 2 N–H and O–H groups in total. The molecule has 1 aliphatic carbocycles. The largest absolute Gasteiger partial charge is 0.480 e. The number of carbonyl (C=O) groups excluding carboxylic acids is 1. The number of carboxylic acid groups (broad SMARTS) is 1. The first-order valence-corrected chi connectivity index (χ1v) is 6.51. The number of anilines is 1. The van der Waals surface area contributed by atoms with Crippen molar-refractivity contribution in [2.24, 2.45) is 5.92 Å². The molecule has 0 aromatic carbocycles. The number of aryl methyl sites for hydroxylation is 1. The molecular formula is C14H18N2O3. The normalized spacial score (nSPS) is 16.1. The van der Waals surface area contributed by atoms with Gasteiger partial charge in [-0.3, -0.25) is 4.79 Å². The maximum absolute atomic E-state index is 11.7. The van der Waals surface area contributed by atoms with Crippen molar-refractivity contribution in [3.8, 4) is 0 Å². The number of aromatic nitrogens is 1. The van der Waals surface area contributed by atoms with Crippen molar-refractivity contribution in [3.63, 3.8) is 0 Å². The molecule has 0 radical (unpaired) electrons. The van der Waals surface area contributed by atoms with Crippen molar-refractivity contribution in [2.45, 2.75) is 39.2 Å². The van der Waals surface area contributed by atoms with Crippen molar-refractivity contribution in [3.05, 3.63) is 23.4 Å². The van der Waals surface area contributed by atoms with E-state index in [2.05, 4.69) is 10.3 Å². The zero-order valence-corrected chi connectivity index (χ0v) is 11.1. The summed E-state index contributed by atoms with van der Waals surface area (Å²) in [6, 6.07) is 2.75. The van der Waals surface area contributed by atoms with Crippen LogP contribution in [-0.4, -0.2) is 27.9 Å². The first-order valence-electron chi connectivity index (χ1n) is 6.51. The van der Waals surface area contributed by atoms with Crippen LogP contribution in [0.25, 0.3) is 0 Å². The lowest BCUT2D eigenvalue weighted by molar-refractivity contribution is -0.138. The number of Topliss-reactive ketones (excluding diaryl/α,β-unsaturated/α-hetero) is 1. The van der Waals surface area contributed by atoms with E-state index < -0.39 is 12.0 Å². The van der Waals surface area contributed by atoms with E-state index in [1.54, 1.807) is 12.1 Å². The highest BCUT2D eigenvalue weighted by Gasteiger charge is 2.23. The lowest BCUT2D eigenvalue weighted by Gasteiger charge is -2.20. The van der Waals surface area contributed by atoms with Gasteiger partial charge in [-0.2, -0.15) is 0 Å². The fourth-order valence-corrected chi connectivity index (χ4v) is 2.25. The number of aliphatic carboxylic acids is 1. The summed E-state index contributed by atoms with van der Waals surface area (Å²) in [5.41, 5.74) is 1.45. The minimum atomic E-state index is -0.898. The van der Waals surface area contributed by atoms with Gasteiger partial charge in [-0.1, -0.05) is 13.8 Å². The molecule has 5 heteroatoms. The number of hydrogen-bond donors (Lipinski definition) is 2. The van der Waals surface area contributed by atoms with Gasteiger partial charge >= 0.3 is 5.97 Å². The average molecular weight is 262 g/mol. The van der Waals surface area contributed by atoms with Gasteiger partial charge in [0.2, 0.25) is 0 Å². The third-order valence-corrected chi connectivity index (χ3v) is 3.33. The molecule has 2 rings (SSSR count). The highest BCUT2D eigenvalue weighted by molar-refractivity contribution is 5.98. The van der Waals surface area contributed by atoms with Crippen LogP contribution in [0.3, 0.4) is 0 Å². The minimum Gasteiger partial charge on any atom is -0.480 e. The van der Waals surface area contributed by atoms with Crippen LogP contribution in [0.15, 0.2) is 12.1 Å². The van der Waals surface area contributed by atoms with E-state index in [-0.39, 0.29) is 11.7 Å². The Kier molecular flexibility index (Phi) is 3.83. The first-order chi connectivity index (χ1) is 8.99. The summed E-state index contributed by atoms with van der Waals surface area (Å²) < 4.78 is 0. The Hall–Kier alpha value is -1.91. The van der Waals surface area contributed by atoms with E-state index in [9.17, 15) is 9.59 Å². The van der Waals surface area contributed by atoms with Gasteiger partial charge in [-0.05, 0) is 30.9 Å². The first kappa shape index (κ1) is 13.5. The van der Waals surface area contributed by atoms with Crippen LogP contribution in [-0.2, 0) is 11.2 Å². The number of fused-ring (bicyclic) bond motifs is 1. The van der Waals surface area contributed by atoms with Gasteiger partial charge in [0.15, 0.2) is 5.78 Å². The van der Waals surface area contributed by atoms with Crippen LogP contribution in [0.1, 0.15) is 42.7 Å². The number of pyridine rings is 1. The zero-order chi connectivity index (χ0) is 14.0. The summed E-state index contributed by atoms with van der Waals surface area (Å²) in [5.74, 6) is -0.295. The standard InChI is InChI=1S/C14H18N2O3/c1-8(2)13(14(18)19)16-12-7-6-9-10(15-12)4-3-5-11(9)17/h6-8,13H,3-5H2,1-2H3,(H,15,16)(H,18,19)/t13-/m0/s1. The number of rotatable bonds is 4. The monoisotopic (exact) mass is 262 g/mol. The summed E-state index contributed by atoms with van der Waals surface area (Å²) in [6.07, 6.45) is 2.16. The lowest BCUT2D eigenvalue weighted by Crippen LogP contribution is -2.34. The van der Waals surface area contributed by atoms with Crippen LogP contribution in [0.5, 0.6) is 0 Å². The molecule has 0 amide bonds. The van der Waals surface area contributed by atoms with Crippen LogP contribution < -0.4 is 5.32 Å². The number of ketones is 1. The Morgan fingerprint density at radius 2 is 2.11 bits per heavy atom. The van der Waals surface area contributed by atoms with Gasteiger partial charge < -0.3 is 10.4 Å². The molecule has 1 heterocycles. The molecule has 1 aromatic rings. The Balaban J connectivity index is 2.22. The van der Waals surface area contributed by atoms with Crippen molar-refractivity contribution >= 4 is 17.6 Å². The second-order valence-electron chi connectivity index (χ2n) is 5.17. The summed E-state index contributed by atoms with van der Waals surface area (Å²) in [4.78, 5) is 27.2. The molecule has 0 saturated heterocycles. The van der Waals surface area contributed by atoms with E-state index in [0.29, 0.717) is 17.8 Å². The predicted octanol–water partition coefficient (Wildman–Crippen LogP) is 2.12. The predicted molar refractivity (Wildman–Crippen MR) is 71.4 cm³/mol. The summed E-state index contributed by atoms with van der Waals surface area (Å²) in [7, 11) is 0. The Morgan fingerprint density at radius 3 is 2.74 bits per heavy atom. The molecule has 102 valence electrons. The molecule has 5 nitrogen and oxygen atoms in total. The Labute approximate surface area is 112 Å². The van der Waals surface area contributed by atoms with Gasteiger partial charge in [0.25, 0.3) is 0 Å². The molecule has 1 aliphatic rings. The van der Waals surface area contributed by atoms with E-state index in [1.165, 1.54) is 0 Å². The maximum atomic E-state index is 11.7. The zero-order valence-electron chi connectivity index (χ0n) is 11.1. The van der Waals surface area contributed by atoms with E-state index in [1.807, 2.05) is 13.8 Å². The van der Waals surface area contributed by atoms with Crippen molar-refractivity contribution in [1.82, 2.24) is 4.98 Å². The number of nitrogens with one attached hydrogen (secondary N) is 1. The van der Waals surface area contributed by atoms with Gasteiger partial charge in [0, 0.05) is 12.0 Å². The number of carboxylic acids is 1. The third-order valence-electron chi connectivity index (χ3n) is 3.33. The molecule has 0 unspecified atom stereocenters. The van der Waals surface area contributed by atoms with Crippen molar-refractivity contribution in [2.75, 3.05) is 5.32 Å². The van der Waals surface area contributed by atoms with Crippen LogP contribution in [0.2, 0.25) is 0 Å².